The van der Waals surface area contributed by atoms with Crippen LogP contribution in [-0.2, 0) is 0 Å². The van der Waals surface area contributed by atoms with Gasteiger partial charge >= 0.3 is 0 Å². The van der Waals surface area contributed by atoms with E-state index in [1.807, 2.05) is 11.8 Å². The zero-order valence-electron chi connectivity index (χ0n) is 12.3. The number of anilines is 2. The molecule has 0 fully saturated rings. The summed E-state index contributed by atoms with van der Waals surface area (Å²) in [5.74, 6) is -0.485. The third-order valence-electron chi connectivity index (χ3n) is 2.86. The zero-order chi connectivity index (χ0) is 15.4. The van der Waals surface area contributed by atoms with E-state index in [9.17, 15) is 9.59 Å². The van der Waals surface area contributed by atoms with Gasteiger partial charge in [0.05, 0.1) is 11.3 Å². The first-order valence-electron chi connectivity index (χ1n) is 6.52. The molecule has 5 N–H and O–H groups in total. The molecule has 0 spiro atoms. The lowest BCUT2D eigenvalue weighted by Crippen LogP contribution is -2.29. The quantitative estimate of drug-likeness (QED) is 0.736. The number of hydrogen-bond acceptors (Lipinski definition) is 5. The van der Waals surface area contributed by atoms with Crippen molar-refractivity contribution < 1.29 is 9.59 Å². The molecule has 0 bridgehead atoms. The second-order valence-electron chi connectivity index (χ2n) is 4.90. The van der Waals surface area contributed by atoms with Gasteiger partial charge in [-0.15, -0.1) is 11.3 Å². The van der Waals surface area contributed by atoms with Crippen molar-refractivity contribution in [3.8, 4) is 0 Å². The zero-order valence-corrected chi connectivity index (χ0v) is 13.1. The molecule has 1 heterocycles. The molecule has 7 heteroatoms. The number of carbonyl (C=O) groups excluding carboxylic acids is 2. The molecule has 0 aliphatic carbocycles. The van der Waals surface area contributed by atoms with Crippen LogP contribution in [0, 0.1) is 5.92 Å². The Bertz CT molecular complexity index is 511. The van der Waals surface area contributed by atoms with Gasteiger partial charge in [-0.3, -0.25) is 9.59 Å². The molecule has 20 heavy (non-hydrogen) atoms. The highest BCUT2D eigenvalue weighted by atomic mass is 32.1. The Morgan fingerprint density at radius 3 is 2.40 bits per heavy atom. The average molecular weight is 298 g/mol. The Balaban J connectivity index is 3.39. The normalized spacial score (nSPS) is 10.7. The van der Waals surface area contributed by atoms with Crippen molar-refractivity contribution in [3.63, 3.8) is 0 Å². The van der Waals surface area contributed by atoms with Gasteiger partial charge in [0.2, 0.25) is 0 Å². The van der Waals surface area contributed by atoms with Gasteiger partial charge in [-0.25, -0.2) is 0 Å². The lowest BCUT2D eigenvalue weighted by Gasteiger charge is -2.24. The number of carbonyl (C=O) groups is 2. The average Bonchev–Trinajstić information content (AvgIpc) is 2.72. The van der Waals surface area contributed by atoms with Crippen molar-refractivity contribution in [1.29, 1.82) is 0 Å². The summed E-state index contributed by atoms with van der Waals surface area (Å²) in [7, 11) is 1.53. The van der Waals surface area contributed by atoms with Crippen LogP contribution < -0.4 is 21.7 Å². The van der Waals surface area contributed by atoms with Crippen molar-refractivity contribution >= 4 is 33.8 Å². The first kappa shape index (κ1) is 16.3. The van der Waals surface area contributed by atoms with E-state index in [1.165, 1.54) is 18.4 Å². The maximum absolute atomic E-state index is 12.0. The van der Waals surface area contributed by atoms with Crippen LogP contribution in [0.5, 0.6) is 0 Å². The first-order valence-corrected chi connectivity index (χ1v) is 7.34. The van der Waals surface area contributed by atoms with Gasteiger partial charge in [0.1, 0.15) is 9.88 Å². The molecule has 0 aliphatic heterocycles. The predicted molar refractivity (Wildman–Crippen MR) is 83.4 cm³/mol. The second-order valence-corrected chi connectivity index (χ2v) is 5.90. The lowest BCUT2D eigenvalue weighted by atomic mass is 10.1. The number of nitrogens with zero attached hydrogens (tertiary/aromatic N) is 1. The van der Waals surface area contributed by atoms with E-state index in [4.69, 9.17) is 11.5 Å². The number of amides is 2. The summed E-state index contributed by atoms with van der Waals surface area (Å²) in [6.07, 6.45) is 0. The van der Waals surface area contributed by atoms with Gasteiger partial charge < -0.3 is 21.7 Å². The molecule has 6 nitrogen and oxygen atoms in total. The molecule has 0 saturated carbocycles. The summed E-state index contributed by atoms with van der Waals surface area (Å²) in [5, 5.41) is 3.26. The van der Waals surface area contributed by atoms with Crippen LogP contribution in [0.15, 0.2) is 0 Å². The SMILES string of the molecule is CCN(CC(C)C)c1sc(C(N)=O)c(N)c1C(=O)NC. The van der Waals surface area contributed by atoms with Gasteiger partial charge in [0, 0.05) is 20.1 Å². The Kier molecular flexibility index (Phi) is 5.38. The van der Waals surface area contributed by atoms with E-state index in [0.29, 0.717) is 16.5 Å². The molecule has 0 saturated heterocycles. The number of rotatable bonds is 6. The molecule has 1 aromatic heterocycles. The lowest BCUT2D eigenvalue weighted by molar-refractivity contribution is 0.0964. The fraction of sp³-hybridized carbons (Fsp3) is 0.538. The number of nitrogens with one attached hydrogen (secondary N) is 1. The Morgan fingerprint density at radius 2 is 2.00 bits per heavy atom. The fourth-order valence-electron chi connectivity index (χ4n) is 1.98. The molecule has 0 radical (unpaired) electrons. The van der Waals surface area contributed by atoms with E-state index >= 15 is 0 Å². The summed E-state index contributed by atoms with van der Waals surface area (Å²) in [4.78, 5) is 25.7. The minimum Gasteiger partial charge on any atom is -0.397 e. The highest BCUT2D eigenvalue weighted by Gasteiger charge is 2.26. The van der Waals surface area contributed by atoms with Crippen molar-refractivity contribution in [1.82, 2.24) is 5.32 Å². The largest absolute Gasteiger partial charge is 0.397 e. The van der Waals surface area contributed by atoms with Gasteiger partial charge in [-0.1, -0.05) is 13.8 Å². The van der Waals surface area contributed by atoms with E-state index in [-0.39, 0.29) is 16.5 Å². The molecule has 0 unspecified atom stereocenters. The Labute approximate surface area is 123 Å². The Morgan fingerprint density at radius 1 is 1.40 bits per heavy atom. The molecule has 1 aromatic rings. The fourth-order valence-corrected chi connectivity index (χ4v) is 3.12. The van der Waals surface area contributed by atoms with E-state index in [2.05, 4.69) is 19.2 Å². The molecule has 0 aliphatic rings. The van der Waals surface area contributed by atoms with Crippen molar-refractivity contribution in [3.05, 3.63) is 10.4 Å². The van der Waals surface area contributed by atoms with Gasteiger partial charge in [0.25, 0.3) is 11.8 Å². The highest BCUT2D eigenvalue weighted by molar-refractivity contribution is 7.19. The van der Waals surface area contributed by atoms with Crippen molar-refractivity contribution in [2.75, 3.05) is 30.8 Å². The molecular formula is C13H22N4O2S. The second kappa shape index (κ2) is 6.60. The summed E-state index contributed by atoms with van der Waals surface area (Å²) in [5.41, 5.74) is 11.8. The summed E-state index contributed by atoms with van der Waals surface area (Å²) in [6.45, 7) is 7.68. The van der Waals surface area contributed by atoms with Gasteiger partial charge in [-0.2, -0.15) is 0 Å². The molecule has 2 amide bonds. The topological polar surface area (TPSA) is 101 Å². The van der Waals surface area contributed by atoms with Gasteiger partial charge in [-0.05, 0) is 12.8 Å². The third-order valence-corrected chi connectivity index (χ3v) is 4.14. The number of thiophene rings is 1. The maximum Gasteiger partial charge on any atom is 0.260 e. The standard InChI is InChI=1S/C13H22N4O2S/c1-5-17(6-7(2)3)13-8(12(19)16-4)9(14)10(20-13)11(15)18/h7H,5-6,14H2,1-4H3,(H2,15,18)(H,16,19). The smallest absolute Gasteiger partial charge is 0.260 e. The number of nitrogens with two attached hydrogens (primary N) is 2. The molecule has 0 aromatic carbocycles. The Hall–Kier alpha value is -1.76. The van der Waals surface area contributed by atoms with Crippen molar-refractivity contribution in [2.24, 2.45) is 11.7 Å². The van der Waals surface area contributed by atoms with E-state index in [0.717, 1.165) is 13.1 Å². The van der Waals surface area contributed by atoms with Crippen LogP contribution in [0.2, 0.25) is 0 Å². The summed E-state index contributed by atoms with van der Waals surface area (Å²) < 4.78 is 0. The van der Waals surface area contributed by atoms with Crippen LogP contribution >= 0.6 is 11.3 Å². The number of nitrogen functional groups attached to an aromatic ring is 1. The minimum absolute atomic E-state index is 0.166. The van der Waals surface area contributed by atoms with E-state index < -0.39 is 5.91 Å². The molecule has 112 valence electrons. The van der Waals surface area contributed by atoms with Crippen LogP contribution in [0.25, 0.3) is 0 Å². The van der Waals surface area contributed by atoms with Crippen LogP contribution in [0.3, 0.4) is 0 Å². The summed E-state index contributed by atoms with van der Waals surface area (Å²) in [6, 6.07) is 0. The number of primary amides is 1. The van der Waals surface area contributed by atoms with Crippen LogP contribution in [0.1, 0.15) is 40.8 Å². The summed E-state index contributed by atoms with van der Waals surface area (Å²) >= 11 is 1.18. The van der Waals surface area contributed by atoms with Gasteiger partial charge in [0.15, 0.2) is 0 Å². The van der Waals surface area contributed by atoms with E-state index in [1.54, 1.807) is 0 Å². The molecule has 1 rings (SSSR count). The monoisotopic (exact) mass is 298 g/mol. The predicted octanol–water partition coefficient (Wildman–Crippen LogP) is 1.27. The molecule has 0 atom stereocenters. The van der Waals surface area contributed by atoms with Crippen LogP contribution in [-0.4, -0.2) is 32.0 Å². The van der Waals surface area contributed by atoms with Crippen molar-refractivity contribution in [2.45, 2.75) is 20.8 Å². The number of hydrogen-bond donors (Lipinski definition) is 3. The maximum atomic E-state index is 12.0. The first-order chi connectivity index (χ1) is 9.33. The minimum atomic E-state index is -0.607. The highest BCUT2D eigenvalue weighted by Crippen LogP contribution is 2.38. The third kappa shape index (κ3) is 3.22. The molecular weight excluding hydrogens is 276 g/mol. The van der Waals surface area contributed by atoms with Crippen LogP contribution in [0.4, 0.5) is 10.7 Å².